The number of thiazole rings is 1. The summed E-state index contributed by atoms with van der Waals surface area (Å²) in [4.78, 5) is 5.07. The van der Waals surface area contributed by atoms with Gasteiger partial charge in [0.1, 0.15) is 13.2 Å². The van der Waals surface area contributed by atoms with Crippen LogP contribution in [0.25, 0.3) is 0 Å². The molecule has 0 amide bonds. The van der Waals surface area contributed by atoms with E-state index in [4.69, 9.17) is 9.47 Å². The predicted octanol–water partition coefficient (Wildman–Crippen LogP) is 2.19. The number of aliphatic hydroxyl groups excluding tert-OH is 1. The van der Waals surface area contributed by atoms with E-state index in [9.17, 15) is 5.11 Å². The lowest BCUT2D eigenvalue weighted by Crippen LogP contribution is -2.15. The molecule has 18 heavy (non-hydrogen) atoms. The standard InChI is InChI=1S/C13H13NO3S/c15-11(6-10-7-14-8-18-10)9-1-2-12-13(5-9)17-4-3-16-12/h1-2,5,7-8,11,15H,3-4,6H2. The minimum atomic E-state index is -0.540. The van der Waals surface area contributed by atoms with Crippen LogP contribution in [0.2, 0.25) is 0 Å². The minimum Gasteiger partial charge on any atom is -0.486 e. The number of nitrogens with zero attached hydrogens (tertiary/aromatic N) is 1. The molecule has 1 N–H and O–H groups in total. The molecule has 0 radical (unpaired) electrons. The lowest BCUT2D eigenvalue weighted by Gasteiger charge is -2.20. The Bertz CT molecular complexity index is 527. The molecule has 2 aromatic rings. The van der Waals surface area contributed by atoms with Crippen LogP contribution in [-0.2, 0) is 6.42 Å². The van der Waals surface area contributed by atoms with Crippen molar-refractivity contribution in [2.24, 2.45) is 0 Å². The van der Waals surface area contributed by atoms with E-state index in [2.05, 4.69) is 4.98 Å². The Morgan fingerprint density at radius 1 is 1.28 bits per heavy atom. The lowest BCUT2D eigenvalue weighted by molar-refractivity contribution is 0.165. The van der Waals surface area contributed by atoms with E-state index in [0.29, 0.717) is 25.4 Å². The van der Waals surface area contributed by atoms with Gasteiger partial charge < -0.3 is 14.6 Å². The third-order valence-corrected chi connectivity index (χ3v) is 3.63. The van der Waals surface area contributed by atoms with Crippen LogP contribution in [0, 0.1) is 0 Å². The van der Waals surface area contributed by atoms with Crippen LogP contribution >= 0.6 is 11.3 Å². The lowest BCUT2D eigenvalue weighted by atomic mass is 10.1. The van der Waals surface area contributed by atoms with Crippen molar-refractivity contribution in [3.63, 3.8) is 0 Å². The number of aromatic nitrogens is 1. The fourth-order valence-corrected chi connectivity index (χ4v) is 2.55. The van der Waals surface area contributed by atoms with E-state index in [0.717, 1.165) is 16.2 Å². The van der Waals surface area contributed by atoms with Crippen molar-refractivity contribution in [1.82, 2.24) is 4.98 Å². The Labute approximate surface area is 109 Å². The van der Waals surface area contributed by atoms with Crippen molar-refractivity contribution >= 4 is 11.3 Å². The second kappa shape index (κ2) is 4.96. The molecule has 0 spiro atoms. The Hall–Kier alpha value is -1.59. The zero-order valence-corrected chi connectivity index (χ0v) is 10.5. The summed E-state index contributed by atoms with van der Waals surface area (Å²) >= 11 is 1.55. The van der Waals surface area contributed by atoms with Gasteiger partial charge in [0, 0.05) is 17.5 Å². The predicted molar refractivity (Wildman–Crippen MR) is 68.2 cm³/mol. The van der Waals surface area contributed by atoms with Crippen LogP contribution in [0.5, 0.6) is 11.5 Å². The van der Waals surface area contributed by atoms with Gasteiger partial charge in [-0.1, -0.05) is 6.07 Å². The second-order valence-corrected chi connectivity index (χ2v) is 5.06. The molecule has 1 atom stereocenters. The number of benzene rings is 1. The topological polar surface area (TPSA) is 51.6 Å². The number of aliphatic hydroxyl groups is 1. The molecule has 3 rings (SSSR count). The fraction of sp³-hybridized carbons (Fsp3) is 0.308. The summed E-state index contributed by atoms with van der Waals surface area (Å²) in [6, 6.07) is 5.57. The van der Waals surface area contributed by atoms with Crippen LogP contribution in [0.3, 0.4) is 0 Å². The Morgan fingerprint density at radius 2 is 2.11 bits per heavy atom. The SMILES string of the molecule is OC(Cc1cncs1)c1ccc2c(c1)OCCO2. The first-order chi connectivity index (χ1) is 8.83. The smallest absolute Gasteiger partial charge is 0.161 e. The van der Waals surface area contributed by atoms with E-state index in [-0.39, 0.29) is 0 Å². The van der Waals surface area contributed by atoms with Gasteiger partial charge in [-0.3, -0.25) is 4.98 Å². The highest BCUT2D eigenvalue weighted by Gasteiger charge is 2.16. The maximum Gasteiger partial charge on any atom is 0.161 e. The van der Waals surface area contributed by atoms with E-state index >= 15 is 0 Å². The zero-order valence-electron chi connectivity index (χ0n) is 9.70. The minimum absolute atomic E-state index is 0.540. The maximum absolute atomic E-state index is 10.2. The second-order valence-electron chi connectivity index (χ2n) is 4.09. The molecule has 1 aromatic carbocycles. The first-order valence-electron chi connectivity index (χ1n) is 5.78. The van der Waals surface area contributed by atoms with Gasteiger partial charge in [-0.25, -0.2) is 0 Å². The van der Waals surface area contributed by atoms with Crippen molar-refractivity contribution in [2.75, 3.05) is 13.2 Å². The van der Waals surface area contributed by atoms with E-state index < -0.39 is 6.10 Å². The Balaban J connectivity index is 1.79. The van der Waals surface area contributed by atoms with Gasteiger partial charge >= 0.3 is 0 Å². The van der Waals surface area contributed by atoms with E-state index in [1.54, 1.807) is 23.0 Å². The van der Waals surface area contributed by atoms with Gasteiger partial charge in [-0.2, -0.15) is 0 Å². The summed E-state index contributed by atoms with van der Waals surface area (Å²) in [7, 11) is 0. The summed E-state index contributed by atoms with van der Waals surface area (Å²) in [6.07, 6.45) is 1.82. The largest absolute Gasteiger partial charge is 0.486 e. The summed E-state index contributed by atoms with van der Waals surface area (Å²) in [6.45, 7) is 1.14. The highest BCUT2D eigenvalue weighted by Crippen LogP contribution is 2.33. The summed E-state index contributed by atoms with van der Waals surface area (Å²) in [5.41, 5.74) is 2.61. The van der Waals surface area contributed by atoms with Crippen LogP contribution in [0.15, 0.2) is 29.9 Å². The van der Waals surface area contributed by atoms with Gasteiger partial charge in [-0.15, -0.1) is 11.3 Å². The van der Waals surface area contributed by atoms with Gasteiger partial charge in [-0.05, 0) is 17.7 Å². The molecule has 1 aliphatic heterocycles. The van der Waals surface area contributed by atoms with Crippen molar-refractivity contribution in [3.05, 3.63) is 40.3 Å². The molecule has 4 nitrogen and oxygen atoms in total. The third-order valence-electron chi connectivity index (χ3n) is 2.83. The first kappa shape index (κ1) is 11.5. The molecule has 0 saturated carbocycles. The average molecular weight is 263 g/mol. The summed E-state index contributed by atoms with van der Waals surface area (Å²) in [5, 5.41) is 10.2. The molecule has 1 aliphatic rings. The van der Waals surface area contributed by atoms with E-state index in [1.807, 2.05) is 18.2 Å². The molecule has 2 heterocycles. The molecule has 0 saturated heterocycles. The highest BCUT2D eigenvalue weighted by atomic mass is 32.1. The molecule has 0 fully saturated rings. The molecule has 0 bridgehead atoms. The number of hydrogen-bond acceptors (Lipinski definition) is 5. The number of hydrogen-bond donors (Lipinski definition) is 1. The van der Waals surface area contributed by atoms with Crippen LogP contribution in [-0.4, -0.2) is 23.3 Å². The van der Waals surface area contributed by atoms with Crippen molar-refractivity contribution in [1.29, 1.82) is 0 Å². The van der Waals surface area contributed by atoms with E-state index in [1.165, 1.54) is 0 Å². The molecule has 1 aromatic heterocycles. The monoisotopic (exact) mass is 263 g/mol. The van der Waals surface area contributed by atoms with Gasteiger partial charge in [0.05, 0.1) is 11.6 Å². The fourth-order valence-electron chi connectivity index (χ4n) is 1.92. The van der Waals surface area contributed by atoms with Crippen LogP contribution in [0.1, 0.15) is 16.5 Å². The Kier molecular flexibility index (Phi) is 3.17. The number of fused-ring (bicyclic) bond motifs is 1. The Morgan fingerprint density at radius 3 is 2.89 bits per heavy atom. The molecule has 5 heteroatoms. The normalized spacial score (nSPS) is 15.4. The van der Waals surface area contributed by atoms with Crippen molar-refractivity contribution < 1.29 is 14.6 Å². The molecule has 94 valence electrons. The van der Waals surface area contributed by atoms with Crippen LogP contribution < -0.4 is 9.47 Å². The van der Waals surface area contributed by atoms with Crippen LogP contribution in [0.4, 0.5) is 0 Å². The van der Waals surface area contributed by atoms with Gasteiger partial charge in [0.25, 0.3) is 0 Å². The van der Waals surface area contributed by atoms with Crippen molar-refractivity contribution in [3.8, 4) is 11.5 Å². The first-order valence-corrected chi connectivity index (χ1v) is 6.66. The molecule has 1 unspecified atom stereocenters. The zero-order chi connectivity index (χ0) is 12.4. The molecule has 0 aliphatic carbocycles. The highest BCUT2D eigenvalue weighted by molar-refractivity contribution is 7.09. The number of rotatable bonds is 3. The average Bonchev–Trinajstić information content (AvgIpc) is 2.91. The van der Waals surface area contributed by atoms with Gasteiger partial charge in [0.2, 0.25) is 0 Å². The third kappa shape index (κ3) is 2.32. The number of ether oxygens (including phenoxy) is 2. The maximum atomic E-state index is 10.2. The summed E-state index contributed by atoms with van der Waals surface area (Å²) < 4.78 is 11.0. The molecular formula is C13H13NO3S. The van der Waals surface area contributed by atoms with Crippen molar-refractivity contribution in [2.45, 2.75) is 12.5 Å². The quantitative estimate of drug-likeness (QED) is 0.922. The summed E-state index contributed by atoms with van der Waals surface area (Å²) in [5.74, 6) is 1.46. The molecular weight excluding hydrogens is 250 g/mol. The van der Waals surface area contributed by atoms with Gasteiger partial charge in [0.15, 0.2) is 11.5 Å².